The monoisotopic (exact) mass is 319 g/mol. The van der Waals surface area contributed by atoms with E-state index in [0.717, 1.165) is 39.2 Å². The first kappa shape index (κ1) is 14.6. The highest BCUT2D eigenvalue weighted by atomic mass is 16.5. The molecule has 2 aromatic heterocycles. The molecule has 0 fully saturated rings. The van der Waals surface area contributed by atoms with E-state index in [2.05, 4.69) is 4.57 Å². The van der Waals surface area contributed by atoms with Gasteiger partial charge in [0.25, 0.3) is 0 Å². The topological polar surface area (TPSA) is 44.4 Å². The van der Waals surface area contributed by atoms with Gasteiger partial charge in [-0.25, -0.2) is 0 Å². The summed E-state index contributed by atoms with van der Waals surface area (Å²) in [4.78, 5) is 11.9. The molecule has 0 radical (unpaired) electrons. The van der Waals surface area contributed by atoms with Crippen LogP contribution in [-0.2, 0) is 0 Å². The number of methoxy groups -OCH3 is 1. The number of ether oxygens (including phenoxy) is 1. The van der Waals surface area contributed by atoms with Crippen molar-refractivity contribution >= 4 is 21.9 Å². The number of rotatable bonds is 2. The molecule has 0 N–H and O–H groups in total. The van der Waals surface area contributed by atoms with Crippen LogP contribution in [0.2, 0.25) is 0 Å². The highest BCUT2D eigenvalue weighted by Crippen LogP contribution is 2.31. The first-order valence-electron chi connectivity index (χ1n) is 7.78. The van der Waals surface area contributed by atoms with E-state index in [1.165, 1.54) is 0 Å². The van der Waals surface area contributed by atoms with Gasteiger partial charge in [0.15, 0.2) is 5.43 Å². The van der Waals surface area contributed by atoms with Crippen LogP contribution < -0.4 is 10.2 Å². The van der Waals surface area contributed by atoms with Crippen LogP contribution in [0.25, 0.3) is 27.6 Å². The molecule has 2 aromatic carbocycles. The van der Waals surface area contributed by atoms with Crippen LogP contribution in [0, 0.1) is 13.8 Å². The molecule has 4 rings (SSSR count). The highest BCUT2D eigenvalue weighted by Gasteiger charge is 2.13. The summed E-state index contributed by atoms with van der Waals surface area (Å²) in [5, 5.41) is 1.86. The van der Waals surface area contributed by atoms with Crippen molar-refractivity contribution in [2.24, 2.45) is 0 Å². The maximum absolute atomic E-state index is 11.9. The van der Waals surface area contributed by atoms with Crippen LogP contribution in [0.4, 0.5) is 0 Å². The third-order valence-corrected chi connectivity index (χ3v) is 4.26. The van der Waals surface area contributed by atoms with E-state index in [9.17, 15) is 4.79 Å². The van der Waals surface area contributed by atoms with Crippen LogP contribution in [0.5, 0.6) is 5.75 Å². The smallest absolute Gasteiger partial charge is 0.182 e. The fourth-order valence-corrected chi connectivity index (χ4v) is 3.28. The van der Waals surface area contributed by atoms with Crippen molar-refractivity contribution in [1.29, 1.82) is 0 Å². The maximum atomic E-state index is 11.9. The minimum atomic E-state index is -0.0419. The average Bonchev–Trinajstić information content (AvgIpc) is 2.54. The third-order valence-electron chi connectivity index (χ3n) is 4.26. The SMILES string of the molecule is COc1ccc(-n2c(C)cc3cc(=O)cc4oc(C)cc2c34)cc1. The normalized spacial score (nSPS) is 11.3. The first-order chi connectivity index (χ1) is 11.6. The zero-order chi connectivity index (χ0) is 16.8. The van der Waals surface area contributed by atoms with E-state index < -0.39 is 0 Å². The van der Waals surface area contributed by atoms with E-state index in [0.29, 0.717) is 5.58 Å². The predicted molar refractivity (Wildman–Crippen MR) is 95.3 cm³/mol. The second-order valence-corrected chi connectivity index (χ2v) is 5.95. The maximum Gasteiger partial charge on any atom is 0.182 e. The summed E-state index contributed by atoms with van der Waals surface area (Å²) in [7, 11) is 1.66. The second-order valence-electron chi connectivity index (χ2n) is 5.95. The molecule has 0 bridgehead atoms. The molecule has 4 aromatic rings. The molecule has 2 heterocycles. The van der Waals surface area contributed by atoms with Gasteiger partial charge in [0, 0.05) is 28.9 Å². The van der Waals surface area contributed by atoms with Crippen molar-refractivity contribution in [1.82, 2.24) is 4.57 Å². The Morgan fingerprint density at radius 3 is 2.46 bits per heavy atom. The van der Waals surface area contributed by atoms with Gasteiger partial charge >= 0.3 is 0 Å². The summed E-state index contributed by atoms with van der Waals surface area (Å²) >= 11 is 0. The van der Waals surface area contributed by atoms with Crippen LogP contribution >= 0.6 is 0 Å². The quantitative estimate of drug-likeness (QED) is 0.551. The number of pyridine rings is 1. The van der Waals surface area contributed by atoms with Gasteiger partial charge < -0.3 is 13.7 Å². The number of aromatic nitrogens is 1. The zero-order valence-electron chi connectivity index (χ0n) is 13.8. The number of hydrogen-bond acceptors (Lipinski definition) is 3. The molecule has 4 heteroatoms. The van der Waals surface area contributed by atoms with Gasteiger partial charge in [0.2, 0.25) is 0 Å². The lowest BCUT2D eigenvalue weighted by Gasteiger charge is -2.18. The molecule has 0 saturated heterocycles. The Kier molecular flexibility index (Phi) is 3.20. The molecule has 0 spiro atoms. The van der Waals surface area contributed by atoms with Crippen molar-refractivity contribution in [2.75, 3.05) is 7.11 Å². The van der Waals surface area contributed by atoms with Crippen molar-refractivity contribution in [3.63, 3.8) is 0 Å². The third kappa shape index (κ3) is 2.19. The van der Waals surface area contributed by atoms with Crippen LogP contribution in [0.3, 0.4) is 0 Å². The molecule has 0 aliphatic heterocycles. The Bertz CT molecular complexity index is 1100. The molecule has 4 nitrogen and oxygen atoms in total. The van der Waals surface area contributed by atoms with Gasteiger partial charge in [-0.05, 0) is 55.6 Å². The molecular formula is C20H17NO3. The molecule has 0 unspecified atom stereocenters. The molecule has 24 heavy (non-hydrogen) atoms. The lowest BCUT2D eigenvalue weighted by Crippen LogP contribution is -2.05. The van der Waals surface area contributed by atoms with Gasteiger partial charge in [-0.3, -0.25) is 4.79 Å². The van der Waals surface area contributed by atoms with E-state index in [-0.39, 0.29) is 5.43 Å². The van der Waals surface area contributed by atoms with E-state index >= 15 is 0 Å². The zero-order valence-corrected chi connectivity index (χ0v) is 13.8. The Balaban J connectivity index is 2.14. The molecule has 0 aliphatic rings. The van der Waals surface area contributed by atoms with E-state index in [1.54, 1.807) is 19.2 Å². The summed E-state index contributed by atoms with van der Waals surface area (Å²) in [5.41, 5.74) is 3.68. The summed E-state index contributed by atoms with van der Waals surface area (Å²) in [5.74, 6) is 1.58. The minimum absolute atomic E-state index is 0.0419. The first-order valence-corrected chi connectivity index (χ1v) is 7.78. The van der Waals surface area contributed by atoms with Crippen LogP contribution in [-0.4, -0.2) is 11.7 Å². The second kappa shape index (κ2) is 5.27. The van der Waals surface area contributed by atoms with E-state index in [4.69, 9.17) is 9.15 Å². The van der Waals surface area contributed by atoms with Crippen LogP contribution in [0.15, 0.2) is 57.7 Å². The number of aryl methyl sites for hydroxylation is 2. The minimum Gasteiger partial charge on any atom is -0.497 e. The molecule has 0 saturated carbocycles. The Morgan fingerprint density at radius 1 is 1.00 bits per heavy atom. The lowest BCUT2D eigenvalue weighted by atomic mass is 10.1. The molecular weight excluding hydrogens is 302 g/mol. The van der Waals surface area contributed by atoms with Gasteiger partial charge in [-0.15, -0.1) is 0 Å². The number of benzene rings is 2. The largest absolute Gasteiger partial charge is 0.497 e. The summed E-state index contributed by atoms with van der Waals surface area (Å²) in [6.45, 7) is 3.93. The predicted octanol–water partition coefficient (Wildman–Crippen LogP) is 4.36. The Labute approximate surface area is 138 Å². The van der Waals surface area contributed by atoms with Crippen LogP contribution in [0.1, 0.15) is 11.5 Å². The van der Waals surface area contributed by atoms with Gasteiger partial charge in [-0.1, -0.05) is 0 Å². The van der Waals surface area contributed by atoms with Gasteiger partial charge in [0.05, 0.1) is 12.6 Å². The summed E-state index contributed by atoms with van der Waals surface area (Å²) in [6.07, 6.45) is 0. The fraction of sp³-hybridized carbons (Fsp3) is 0.150. The molecule has 120 valence electrons. The van der Waals surface area contributed by atoms with E-state index in [1.807, 2.05) is 50.2 Å². The summed E-state index contributed by atoms with van der Waals surface area (Å²) in [6, 6.07) is 15.2. The highest BCUT2D eigenvalue weighted by molar-refractivity contribution is 6.06. The molecule has 0 aliphatic carbocycles. The van der Waals surface area contributed by atoms with Crippen molar-refractivity contribution in [3.8, 4) is 11.4 Å². The van der Waals surface area contributed by atoms with Crippen molar-refractivity contribution in [2.45, 2.75) is 13.8 Å². The van der Waals surface area contributed by atoms with Gasteiger partial charge in [-0.2, -0.15) is 0 Å². The fourth-order valence-electron chi connectivity index (χ4n) is 3.28. The lowest BCUT2D eigenvalue weighted by molar-refractivity contribution is 0.414. The Hall–Kier alpha value is -3.01. The molecule has 0 atom stereocenters. The van der Waals surface area contributed by atoms with Crippen molar-refractivity contribution < 1.29 is 9.15 Å². The average molecular weight is 319 g/mol. The number of nitrogens with zero attached hydrogens (tertiary/aromatic N) is 1. The molecule has 0 amide bonds. The number of hydrogen-bond donors (Lipinski definition) is 0. The standard InChI is InChI=1S/C20H17NO3/c1-12-8-14-10-16(22)11-19-20(14)18(9-13(2)24-19)21(12)15-4-6-17(23-3)7-5-15/h4-11H,1-3H3. The summed E-state index contributed by atoms with van der Waals surface area (Å²) < 4.78 is 13.2. The van der Waals surface area contributed by atoms with Gasteiger partial charge in [0.1, 0.15) is 17.1 Å². The van der Waals surface area contributed by atoms with Crippen molar-refractivity contribution in [3.05, 3.63) is 70.2 Å². The Morgan fingerprint density at radius 2 is 1.75 bits per heavy atom.